The van der Waals surface area contributed by atoms with Crippen molar-refractivity contribution in [2.45, 2.75) is 19.9 Å². The van der Waals surface area contributed by atoms with Gasteiger partial charge in [-0.25, -0.2) is 0 Å². The Morgan fingerprint density at radius 1 is 1.89 bits per heavy atom. The molecule has 9 heavy (non-hydrogen) atoms. The molecule has 1 unspecified atom stereocenters. The lowest BCUT2D eigenvalue weighted by atomic mass is 10.2. The highest BCUT2D eigenvalue weighted by atomic mass is 16.6. The van der Waals surface area contributed by atoms with Crippen molar-refractivity contribution in [2.24, 2.45) is 5.16 Å². The number of nitrogens with zero attached hydrogens (tertiary/aromatic N) is 2. The predicted octanol–water partition coefficient (Wildman–Crippen LogP) is 0.502. The normalized spacial score (nSPS) is 15.1. The maximum absolute atomic E-state index is 9.91. The molecular formula is C4H8N2O3. The topological polar surface area (TPSA) is 75.7 Å². The lowest BCUT2D eigenvalue weighted by molar-refractivity contribution is -0.498. The fourth-order valence-electron chi connectivity index (χ4n) is 0.236. The van der Waals surface area contributed by atoms with Gasteiger partial charge in [-0.1, -0.05) is 5.16 Å². The Labute approximate surface area is 52.1 Å². The number of oxime groups is 1. The summed E-state index contributed by atoms with van der Waals surface area (Å²) in [5, 5.41) is 20.6. The van der Waals surface area contributed by atoms with E-state index in [0.29, 0.717) is 0 Å². The van der Waals surface area contributed by atoms with Crippen LogP contribution >= 0.6 is 0 Å². The molecule has 0 saturated carbocycles. The van der Waals surface area contributed by atoms with Gasteiger partial charge < -0.3 is 5.21 Å². The molecule has 0 saturated heterocycles. The summed E-state index contributed by atoms with van der Waals surface area (Å²) in [5.41, 5.74) is 0.111. The maximum Gasteiger partial charge on any atom is 0.251 e. The zero-order valence-electron chi connectivity index (χ0n) is 5.24. The van der Waals surface area contributed by atoms with Gasteiger partial charge in [0, 0.05) is 11.8 Å². The van der Waals surface area contributed by atoms with Crippen LogP contribution in [0.2, 0.25) is 0 Å². The standard InChI is InChI=1S/C4H8N2O3/c1-3(5-7)4(2)6(8)9/h4,7H,1-2H3/b5-3+. The van der Waals surface area contributed by atoms with Crippen LogP contribution < -0.4 is 0 Å². The van der Waals surface area contributed by atoms with Crippen LogP contribution in [0.1, 0.15) is 13.8 Å². The van der Waals surface area contributed by atoms with Crippen molar-refractivity contribution in [3.05, 3.63) is 10.1 Å². The smallest absolute Gasteiger partial charge is 0.251 e. The molecular weight excluding hydrogens is 124 g/mol. The number of hydrogen-bond acceptors (Lipinski definition) is 4. The fourth-order valence-corrected chi connectivity index (χ4v) is 0.236. The first-order chi connectivity index (χ1) is 4.09. The Morgan fingerprint density at radius 3 is 2.44 bits per heavy atom. The van der Waals surface area contributed by atoms with Crippen LogP contribution in [-0.2, 0) is 0 Å². The first-order valence-corrected chi connectivity index (χ1v) is 2.41. The SMILES string of the molecule is C/C(=N\O)C(C)[N+](=O)[O-]. The molecule has 1 atom stereocenters. The van der Waals surface area contributed by atoms with Crippen LogP contribution in [0.15, 0.2) is 5.16 Å². The van der Waals surface area contributed by atoms with Crippen molar-refractivity contribution in [1.82, 2.24) is 0 Å². The Hall–Kier alpha value is -1.13. The van der Waals surface area contributed by atoms with Gasteiger partial charge >= 0.3 is 0 Å². The van der Waals surface area contributed by atoms with E-state index in [1.165, 1.54) is 13.8 Å². The summed E-state index contributed by atoms with van der Waals surface area (Å²) in [5.74, 6) is 0. The van der Waals surface area contributed by atoms with E-state index in [0.717, 1.165) is 0 Å². The molecule has 0 fully saturated rings. The van der Waals surface area contributed by atoms with Crippen molar-refractivity contribution >= 4 is 5.71 Å². The second-order valence-corrected chi connectivity index (χ2v) is 1.70. The molecule has 5 nitrogen and oxygen atoms in total. The van der Waals surface area contributed by atoms with Gasteiger partial charge in [-0.05, 0) is 6.92 Å². The van der Waals surface area contributed by atoms with E-state index >= 15 is 0 Å². The molecule has 0 aromatic heterocycles. The summed E-state index contributed by atoms with van der Waals surface area (Å²) >= 11 is 0. The van der Waals surface area contributed by atoms with E-state index in [1.807, 2.05) is 0 Å². The molecule has 0 amide bonds. The fraction of sp³-hybridized carbons (Fsp3) is 0.750. The van der Waals surface area contributed by atoms with Crippen LogP contribution in [0.25, 0.3) is 0 Å². The van der Waals surface area contributed by atoms with E-state index in [1.54, 1.807) is 0 Å². The van der Waals surface area contributed by atoms with Crippen LogP contribution in [0, 0.1) is 10.1 Å². The lowest BCUT2D eigenvalue weighted by Gasteiger charge is -1.98. The number of hydrogen-bond donors (Lipinski definition) is 1. The Balaban J connectivity index is 4.04. The highest BCUT2D eigenvalue weighted by Crippen LogP contribution is 1.90. The third kappa shape index (κ3) is 2.07. The minimum atomic E-state index is -0.894. The Morgan fingerprint density at radius 2 is 2.33 bits per heavy atom. The predicted molar refractivity (Wildman–Crippen MR) is 31.4 cm³/mol. The molecule has 0 radical (unpaired) electrons. The minimum absolute atomic E-state index is 0.111. The molecule has 52 valence electrons. The molecule has 0 rings (SSSR count). The highest BCUT2D eigenvalue weighted by molar-refractivity contribution is 5.85. The van der Waals surface area contributed by atoms with E-state index in [9.17, 15) is 10.1 Å². The Bertz CT molecular complexity index is 143. The third-order valence-corrected chi connectivity index (χ3v) is 1.08. The van der Waals surface area contributed by atoms with Crippen molar-refractivity contribution < 1.29 is 10.1 Å². The van der Waals surface area contributed by atoms with Crippen molar-refractivity contribution in [2.75, 3.05) is 0 Å². The number of nitro groups is 1. The zero-order chi connectivity index (χ0) is 7.44. The average Bonchev–Trinajstić information content (AvgIpc) is 1.84. The second kappa shape index (κ2) is 3.01. The first kappa shape index (κ1) is 7.87. The van der Waals surface area contributed by atoms with Crippen molar-refractivity contribution in [3.8, 4) is 0 Å². The van der Waals surface area contributed by atoms with Crippen molar-refractivity contribution in [3.63, 3.8) is 0 Å². The zero-order valence-corrected chi connectivity index (χ0v) is 5.24. The van der Waals surface area contributed by atoms with Gasteiger partial charge in [0.25, 0.3) is 6.04 Å². The summed E-state index contributed by atoms with van der Waals surface area (Å²) < 4.78 is 0. The number of rotatable bonds is 2. The molecule has 1 N–H and O–H groups in total. The molecule has 0 heterocycles. The largest absolute Gasteiger partial charge is 0.411 e. The van der Waals surface area contributed by atoms with Crippen LogP contribution in [0.4, 0.5) is 0 Å². The molecule has 0 aliphatic carbocycles. The van der Waals surface area contributed by atoms with Gasteiger partial charge in [0.1, 0.15) is 5.71 Å². The minimum Gasteiger partial charge on any atom is -0.411 e. The van der Waals surface area contributed by atoms with Gasteiger partial charge in [0.2, 0.25) is 0 Å². The quantitative estimate of drug-likeness (QED) is 0.257. The molecule has 0 bridgehead atoms. The maximum atomic E-state index is 9.91. The molecule has 0 aromatic rings. The van der Waals surface area contributed by atoms with E-state index in [4.69, 9.17) is 5.21 Å². The molecule has 5 heteroatoms. The summed E-state index contributed by atoms with van der Waals surface area (Å²) in [6.07, 6.45) is 0. The van der Waals surface area contributed by atoms with Gasteiger partial charge in [-0.15, -0.1) is 0 Å². The van der Waals surface area contributed by atoms with Gasteiger partial charge in [-0.2, -0.15) is 0 Å². The van der Waals surface area contributed by atoms with E-state index in [2.05, 4.69) is 5.16 Å². The van der Waals surface area contributed by atoms with Crippen LogP contribution in [-0.4, -0.2) is 21.9 Å². The highest BCUT2D eigenvalue weighted by Gasteiger charge is 2.16. The summed E-state index contributed by atoms with van der Waals surface area (Å²) in [6, 6.07) is -0.894. The lowest BCUT2D eigenvalue weighted by Crippen LogP contribution is -2.23. The van der Waals surface area contributed by atoms with E-state index < -0.39 is 11.0 Å². The molecule has 0 aromatic carbocycles. The van der Waals surface area contributed by atoms with Crippen molar-refractivity contribution in [1.29, 1.82) is 0 Å². The first-order valence-electron chi connectivity index (χ1n) is 2.41. The summed E-state index contributed by atoms with van der Waals surface area (Å²) in [4.78, 5) is 9.39. The van der Waals surface area contributed by atoms with Crippen LogP contribution in [0.3, 0.4) is 0 Å². The van der Waals surface area contributed by atoms with Gasteiger partial charge in [-0.3, -0.25) is 10.1 Å². The molecule has 0 aliphatic rings. The monoisotopic (exact) mass is 132 g/mol. The summed E-state index contributed by atoms with van der Waals surface area (Å²) in [6.45, 7) is 2.75. The van der Waals surface area contributed by atoms with Gasteiger partial charge in [0.15, 0.2) is 0 Å². The molecule has 0 spiro atoms. The summed E-state index contributed by atoms with van der Waals surface area (Å²) in [7, 11) is 0. The second-order valence-electron chi connectivity index (χ2n) is 1.70. The average molecular weight is 132 g/mol. The van der Waals surface area contributed by atoms with Gasteiger partial charge in [0.05, 0.1) is 0 Å². The molecule has 0 aliphatic heterocycles. The Kier molecular flexibility index (Phi) is 2.63. The third-order valence-electron chi connectivity index (χ3n) is 1.08. The van der Waals surface area contributed by atoms with Crippen LogP contribution in [0.5, 0.6) is 0 Å². The van der Waals surface area contributed by atoms with E-state index in [-0.39, 0.29) is 5.71 Å².